The van der Waals surface area contributed by atoms with Gasteiger partial charge in [0.05, 0.1) is 18.3 Å². The topological polar surface area (TPSA) is 107 Å². The first-order valence-corrected chi connectivity index (χ1v) is 15.2. The van der Waals surface area contributed by atoms with Crippen LogP contribution in [0.5, 0.6) is 5.75 Å². The van der Waals surface area contributed by atoms with Crippen molar-refractivity contribution in [2.45, 2.75) is 44.3 Å². The summed E-state index contributed by atoms with van der Waals surface area (Å²) in [7, 11) is 5.69. The summed E-state index contributed by atoms with van der Waals surface area (Å²) in [6, 6.07) is 14.3. The fraction of sp³-hybridized carbons (Fsp3) is 0.394. The van der Waals surface area contributed by atoms with E-state index >= 15 is 0 Å². The highest BCUT2D eigenvalue weighted by Crippen LogP contribution is 2.40. The maximum atomic E-state index is 13.7. The Kier molecular flexibility index (Phi) is 5.98. The second kappa shape index (κ2) is 9.80. The molecule has 1 aliphatic heterocycles. The lowest BCUT2D eigenvalue weighted by Gasteiger charge is -2.27. The highest BCUT2D eigenvalue weighted by Gasteiger charge is 2.47. The van der Waals surface area contributed by atoms with Crippen LogP contribution in [0.2, 0.25) is 0 Å². The number of ether oxygens (including phenoxy) is 1. The summed E-state index contributed by atoms with van der Waals surface area (Å²) in [5.74, 6) is 3.36. The summed E-state index contributed by atoms with van der Waals surface area (Å²) in [5, 5.41) is 1.07. The number of imidazole rings is 1. The number of aryl methyl sites for hydroxylation is 1. The predicted molar refractivity (Wildman–Crippen MR) is 167 cm³/mol. The van der Waals surface area contributed by atoms with E-state index in [1.165, 1.54) is 12.8 Å². The van der Waals surface area contributed by atoms with Crippen LogP contribution in [-0.4, -0.2) is 67.7 Å². The number of rotatable bonds is 7. The maximum Gasteiger partial charge on any atom is 0.254 e. The van der Waals surface area contributed by atoms with Crippen LogP contribution in [0.4, 0.5) is 11.5 Å². The zero-order valence-corrected chi connectivity index (χ0v) is 24.8. The minimum absolute atomic E-state index is 0.00736. The Labute approximate surface area is 250 Å². The van der Waals surface area contributed by atoms with Gasteiger partial charge in [-0.2, -0.15) is 0 Å². The van der Waals surface area contributed by atoms with Gasteiger partial charge in [0.25, 0.3) is 5.91 Å². The van der Waals surface area contributed by atoms with Gasteiger partial charge in [0.15, 0.2) is 5.82 Å². The van der Waals surface area contributed by atoms with Crippen LogP contribution in [-0.2, 0) is 13.6 Å². The highest BCUT2D eigenvalue weighted by molar-refractivity contribution is 6.00. The number of piperidine rings is 1. The molecule has 8 rings (SSSR count). The van der Waals surface area contributed by atoms with Gasteiger partial charge in [-0.1, -0.05) is 0 Å². The number of nitrogens with zero attached hydrogens (tertiary/aromatic N) is 7. The van der Waals surface area contributed by atoms with Crippen molar-refractivity contribution < 1.29 is 9.53 Å². The zero-order valence-electron chi connectivity index (χ0n) is 24.8. The molecular weight excluding hydrogens is 540 g/mol. The van der Waals surface area contributed by atoms with Crippen molar-refractivity contribution in [2.75, 3.05) is 25.6 Å². The summed E-state index contributed by atoms with van der Waals surface area (Å²) < 4.78 is 10.3. The van der Waals surface area contributed by atoms with Crippen molar-refractivity contribution in [2.24, 2.45) is 24.6 Å². The number of anilines is 2. The van der Waals surface area contributed by atoms with Gasteiger partial charge in [0.1, 0.15) is 22.7 Å². The molecule has 4 aromatic heterocycles. The van der Waals surface area contributed by atoms with Gasteiger partial charge in [-0.15, -0.1) is 0 Å². The summed E-state index contributed by atoms with van der Waals surface area (Å²) >= 11 is 0. The van der Waals surface area contributed by atoms with E-state index in [1.807, 2.05) is 43.3 Å². The van der Waals surface area contributed by atoms with Gasteiger partial charge in [-0.3, -0.25) is 9.78 Å². The number of fused-ring (bicyclic) bond motifs is 4. The van der Waals surface area contributed by atoms with E-state index in [-0.39, 0.29) is 18.0 Å². The highest BCUT2D eigenvalue weighted by atomic mass is 16.5. The average Bonchev–Trinajstić information content (AvgIpc) is 3.44. The van der Waals surface area contributed by atoms with Crippen molar-refractivity contribution in [3.05, 3.63) is 60.4 Å². The Balaban J connectivity index is 1.23. The lowest BCUT2D eigenvalue weighted by molar-refractivity contribution is 0.0700. The normalized spacial score (nSPS) is 21.3. The Bertz CT molecular complexity index is 1870. The maximum absolute atomic E-state index is 13.7. The van der Waals surface area contributed by atoms with E-state index < -0.39 is 0 Å². The quantitative estimate of drug-likeness (QED) is 0.298. The monoisotopic (exact) mass is 576 g/mol. The first-order valence-electron chi connectivity index (χ1n) is 15.2. The van der Waals surface area contributed by atoms with Crippen molar-refractivity contribution in [3.8, 4) is 17.3 Å². The number of hydrogen-bond donors (Lipinski definition) is 1. The summed E-state index contributed by atoms with van der Waals surface area (Å²) in [5.41, 5.74) is 11.6. The lowest BCUT2D eigenvalue weighted by Crippen LogP contribution is -2.41. The molecule has 0 spiro atoms. The van der Waals surface area contributed by atoms with Crippen molar-refractivity contribution in [3.63, 3.8) is 0 Å². The fourth-order valence-corrected chi connectivity index (χ4v) is 7.20. The minimum Gasteiger partial charge on any atom is -0.494 e. The number of amides is 1. The Hall–Kier alpha value is -4.44. The Morgan fingerprint density at radius 3 is 2.58 bits per heavy atom. The van der Waals surface area contributed by atoms with Gasteiger partial charge >= 0.3 is 0 Å². The van der Waals surface area contributed by atoms with Gasteiger partial charge < -0.3 is 29.4 Å². The van der Waals surface area contributed by atoms with Crippen LogP contribution in [0.3, 0.4) is 0 Å². The van der Waals surface area contributed by atoms with Gasteiger partial charge in [-0.05, 0) is 80.0 Å². The number of benzene rings is 1. The van der Waals surface area contributed by atoms with E-state index in [2.05, 4.69) is 37.2 Å². The van der Waals surface area contributed by atoms with Crippen LogP contribution in [0.1, 0.15) is 36.0 Å². The van der Waals surface area contributed by atoms with Crippen molar-refractivity contribution in [1.82, 2.24) is 29.0 Å². The van der Waals surface area contributed by atoms with Gasteiger partial charge in [-0.25, -0.2) is 9.97 Å². The van der Waals surface area contributed by atoms with Gasteiger partial charge in [0.2, 0.25) is 0 Å². The second-order valence-corrected chi connectivity index (χ2v) is 12.4. The average molecular weight is 577 g/mol. The Morgan fingerprint density at radius 2 is 1.88 bits per heavy atom. The number of carbonyl (C=O) groups excluding carboxylic acids is 1. The lowest BCUT2D eigenvalue weighted by atomic mass is 10.1. The largest absolute Gasteiger partial charge is 0.494 e. The molecular formula is C33H36N8O2. The predicted octanol–water partition coefficient (Wildman–Crippen LogP) is 4.73. The van der Waals surface area contributed by atoms with E-state index in [0.717, 1.165) is 71.0 Å². The number of nitrogens with two attached hydrogens (primary N) is 1. The molecule has 0 radical (unpaired) electrons. The third kappa shape index (κ3) is 4.18. The van der Waals surface area contributed by atoms with E-state index in [9.17, 15) is 4.79 Å². The van der Waals surface area contributed by atoms with Crippen LogP contribution >= 0.6 is 0 Å². The molecule has 43 heavy (non-hydrogen) atoms. The smallest absolute Gasteiger partial charge is 0.254 e. The van der Waals surface area contributed by atoms with Crippen LogP contribution in [0.25, 0.3) is 33.6 Å². The number of aromatic nitrogens is 5. The molecule has 10 nitrogen and oxygen atoms in total. The van der Waals surface area contributed by atoms with Crippen molar-refractivity contribution >= 4 is 39.5 Å². The van der Waals surface area contributed by atoms with E-state index in [4.69, 9.17) is 20.4 Å². The number of carbonyl (C=O) groups is 1. The molecule has 2 N–H and O–H groups in total. The Morgan fingerprint density at radius 1 is 1.07 bits per heavy atom. The number of pyridine rings is 2. The molecule has 220 valence electrons. The number of likely N-dealkylation sites (tertiary alicyclic amines) is 1. The molecule has 2 unspecified atom stereocenters. The van der Waals surface area contributed by atoms with E-state index in [1.54, 1.807) is 19.5 Å². The molecule has 3 atom stereocenters. The molecule has 5 aromatic rings. The van der Waals surface area contributed by atoms with Crippen LogP contribution in [0, 0.1) is 11.8 Å². The fourth-order valence-electron chi connectivity index (χ4n) is 7.20. The molecule has 2 saturated carbocycles. The molecule has 10 heteroatoms. The first kappa shape index (κ1) is 26.2. The first-order chi connectivity index (χ1) is 20.9. The second-order valence-electron chi connectivity index (χ2n) is 12.4. The standard InChI is InChI=1S/C33H36N8O2/c1-38(23-10-12-35-13-11-23)28-9-7-20-15-26(40(31(20)37-28)17-19-4-5-19)32-36-24-14-22(16-27(43-3)30(24)39(32)2)33(42)41-18-21-6-8-25(41)29(21)34/h7,9-16,19,21,25,29H,4-6,8,17-18,34H2,1-3H3/t21?,25?,29-/m1/s1. The summed E-state index contributed by atoms with van der Waals surface area (Å²) in [6.45, 7) is 1.61. The minimum atomic E-state index is 0.00736. The molecule has 5 heterocycles. The SMILES string of the molecule is COc1cc(C(=O)N2CC3CCC2[C@@H]3N)cc2nc(-c3cc4ccc(N(C)c5ccncc5)nc4n3CC3CC3)n(C)c12. The van der Waals surface area contributed by atoms with Crippen LogP contribution in [0.15, 0.2) is 54.9 Å². The molecule has 3 aliphatic rings. The molecule has 2 aliphatic carbocycles. The van der Waals surface area contributed by atoms with Gasteiger partial charge in [0, 0.05) is 68.3 Å². The summed E-state index contributed by atoms with van der Waals surface area (Å²) in [4.78, 5) is 32.2. The van der Waals surface area contributed by atoms with E-state index in [0.29, 0.717) is 23.1 Å². The summed E-state index contributed by atoms with van der Waals surface area (Å²) in [6.07, 6.45) is 8.11. The molecule has 3 fully saturated rings. The third-order valence-corrected chi connectivity index (χ3v) is 9.81. The molecule has 2 bridgehead atoms. The number of hydrogen-bond acceptors (Lipinski definition) is 7. The molecule has 1 saturated heterocycles. The molecule has 1 amide bonds. The number of methoxy groups -OCH3 is 1. The van der Waals surface area contributed by atoms with Crippen molar-refractivity contribution in [1.29, 1.82) is 0 Å². The van der Waals surface area contributed by atoms with Crippen LogP contribution < -0.4 is 15.4 Å². The third-order valence-electron chi connectivity index (χ3n) is 9.81. The molecule has 1 aromatic carbocycles. The zero-order chi connectivity index (χ0) is 29.4.